The van der Waals surface area contributed by atoms with Gasteiger partial charge in [0.25, 0.3) is 11.1 Å². The Morgan fingerprint density at radius 2 is 0.982 bits per heavy atom. The van der Waals surface area contributed by atoms with Crippen molar-refractivity contribution in [3.63, 3.8) is 0 Å². The van der Waals surface area contributed by atoms with Crippen LogP contribution in [0.4, 0.5) is 0 Å². The highest BCUT2D eigenvalue weighted by Gasteiger charge is 2.45. The second kappa shape index (κ2) is 15.4. The molecule has 2 N–H and O–H groups in total. The van der Waals surface area contributed by atoms with E-state index in [1.165, 1.54) is 44.7 Å². The number of aromatic nitrogens is 6. The van der Waals surface area contributed by atoms with Crippen LogP contribution in [0.3, 0.4) is 0 Å². The van der Waals surface area contributed by atoms with Crippen LogP contribution in [-0.4, -0.2) is 54.3 Å². The number of fused-ring (bicyclic) bond motifs is 2. The quantitative estimate of drug-likeness (QED) is 0.144. The fourth-order valence-electron chi connectivity index (χ4n) is 7.03. The molecule has 0 atom stereocenters. The van der Waals surface area contributed by atoms with Crippen LogP contribution in [0.1, 0.15) is 58.5 Å². The predicted molar refractivity (Wildman–Crippen MR) is 216 cm³/mol. The van der Waals surface area contributed by atoms with Gasteiger partial charge in [-0.15, -0.1) is 0 Å². The smallest absolute Gasteiger partial charge is 0.343 e. The van der Waals surface area contributed by atoms with Crippen molar-refractivity contribution in [2.45, 2.75) is 32.1 Å². The minimum absolute atomic E-state index is 0.0917. The van der Waals surface area contributed by atoms with Gasteiger partial charge in [-0.1, -0.05) is 109 Å². The fraction of sp³-hybridized carbons (Fsp3) is 0.156. The standard InChI is InChI=1S/C24H21N3O3.C21H17N3O3/c1-2-30-23(29)19-15-25-27-21(28)14-20(26-22(19)27)16-8-10-18(11-9-16)24(12-13-24)17-6-4-3-5-7-17;1-2-27-21(26)17-13-22-24-19(25)12-18(23-20(17)24)16-10-8-15(9-11-16)14-6-4-3-5-7-14/h3-11,14-15,25H,2,12-13H2,1H3;3-13,22H,2H2,1H3. The lowest BCUT2D eigenvalue weighted by molar-refractivity contribution is 0.0518. The Morgan fingerprint density at radius 3 is 1.44 bits per heavy atom. The summed E-state index contributed by atoms with van der Waals surface area (Å²) in [5, 5.41) is 5.52. The minimum Gasteiger partial charge on any atom is -0.462 e. The average Bonchev–Trinajstić information content (AvgIpc) is 3.75. The van der Waals surface area contributed by atoms with Crippen molar-refractivity contribution < 1.29 is 19.1 Å². The van der Waals surface area contributed by atoms with Gasteiger partial charge in [0.1, 0.15) is 11.1 Å². The highest BCUT2D eigenvalue weighted by molar-refractivity contribution is 5.96. The largest absolute Gasteiger partial charge is 0.462 e. The molecular weight excluding hydrogens is 721 g/mol. The summed E-state index contributed by atoms with van der Waals surface area (Å²) in [6, 6.07) is 39.5. The first-order valence-electron chi connectivity index (χ1n) is 18.7. The monoisotopic (exact) mass is 758 g/mol. The minimum atomic E-state index is -0.514. The molecule has 8 aromatic rings. The second-order valence-corrected chi connectivity index (χ2v) is 13.6. The molecule has 4 aromatic heterocycles. The average molecular weight is 759 g/mol. The molecule has 1 fully saturated rings. The maximum absolute atomic E-state index is 12.5. The maximum atomic E-state index is 12.5. The molecule has 57 heavy (non-hydrogen) atoms. The molecule has 12 nitrogen and oxygen atoms in total. The molecule has 0 amide bonds. The Morgan fingerprint density at radius 1 is 0.579 bits per heavy atom. The summed E-state index contributed by atoms with van der Waals surface area (Å²) in [6.45, 7) is 3.97. The number of H-pyrrole nitrogens is 2. The van der Waals surface area contributed by atoms with Crippen molar-refractivity contribution in [1.29, 1.82) is 0 Å². The summed E-state index contributed by atoms with van der Waals surface area (Å²) in [5.74, 6) is -1.02. The van der Waals surface area contributed by atoms with Gasteiger partial charge >= 0.3 is 11.9 Å². The summed E-state index contributed by atoms with van der Waals surface area (Å²) < 4.78 is 12.6. The number of esters is 2. The van der Waals surface area contributed by atoms with E-state index in [4.69, 9.17) is 9.47 Å². The topological polar surface area (TPSA) is 153 Å². The third kappa shape index (κ3) is 7.16. The molecule has 4 heterocycles. The van der Waals surface area contributed by atoms with Crippen molar-refractivity contribution in [3.05, 3.63) is 177 Å². The van der Waals surface area contributed by atoms with Gasteiger partial charge in [0.05, 0.1) is 24.6 Å². The van der Waals surface area contributed by atoms with Gasteiger partial charge in [-0.05, 0) is 48.9 Å². The van der Waals surface area contributed by atoms with E-state index in [9.17, 15) is 19.2 Å². The van der Waals surface area contributed by atoms with Crippen molar-refractivity contribution in [1.82, 2.24) is 29.2 Å². The van der Waals surface area contributed by atoms with Crippen LogP contribution in [0.2, 0.25) is 0 Å². The number of nitrogens with one attached hydrogen (secondary N) is 2. The first-order valence-corrected chi connectivity index (χ1v) is 18.7. The number of aromatic amines is 2. The summed E-state index contributed by atoms with van der Waals surface area (Å²) in [7, 11) is 0. The Balaban J connectivity index is 0.000000161. The molecule has 12 heteroatoms. The van der Waals surface area contributed by atoms with Gasteiger partial charge in [-0.2, -0.15) is 0 Å². The third-order valence-electron chi connectivity index (χ3n) is 10.1. The lowest BCUT2D eigenvalue weighted by atomic mass is 9.87. The zero-order valence-electron chi connectivity index (χ0n) is 31.3. The number of benzene rings is 4. The van der Waals surface area contributed by atoms with E-state index >= 15 is 0 Å². The van der Waals surface area contributed by atoms with Gasteiger partial charge in [0.15, 0.2) is 11.3 Å². The molecule has 0 spiro atoms. The molecule has 0 radical (unpaired) electrons. The summed E-state index contributed by atoms with van der Waals surface area (Å²) in [4.78, 5) is 58.3. The Bertz CT molecular complexity index is 2840. The van der Waals surface area contributed by atoms with E-state index in [0.29, 0.717) is 11.4 Å². The third-order valence-corrected chi connectivity index (χ3v) is 10.1. The number of carbonyl (C=O) groups is 2. The number of rotatable bonds is 9. The highest BCUT2D eigenvalue weighted by Crippen LogP contribution is 2.53. The van der Waals surface area contributed by atoms with Crippen molar-refractivity contribution in [3.8, 4) is 33.6 Å². The Kier molecular flexibility index (Phi) is 9.91. The van der Waals surface area contributed by atoms with Crippen LogP contribution in [0.25, 0.3) is 44.9 Å². The van der Waals surface area contributed by atoms with Crippen molar-refractivity contribution in [2.24, 2.45) is 0 Å². The van der Waals surface area contributed by atoms with Crippen LogP contribution < -0.4 is 11.1 Å². The van der Waals surface area contributed by atoms with Gasteiger partial charge in [0.2, 0.25) is 0 Å². The van der Waals surface area contributed by atoms with E-state index in [1.807, 2.05) is 72.8 Å². The van der Waals surface area contributed by atoms with E-state index in [2.05, 4.69) is 56.6 Å². The molecule has 284 valence electrons. The SMILES string of the molecule is CCOC(=O)c1c[nH]n2c(=O)cc(-c3ccc(-c4ccccc4)cc3)nc12.CCOC(=O)c1c[nH]n2c(=O)cc(-c3ccc(C4(c5ccccc5)CC4)cc3)nc12. The summed E-state index contributed by atoms with van der Waals surface area (Å²) in [6.07, 6.45) is 5.15. The van der Waals surface area contributed by atoms with E-state index < -0.39 is 11.9 Å². The Labute approximate surface area is 326 Å². The number of hydrogen-bond acceptors (Lipinski definition) is 8. The van der Waals surface area contributed by atoms with E-state index in [-0.39, 0.29) is 52.2 Å². The Hall–Kier alpha value is -7.34. The number of ether oxygens (including phenoxy) is 2. The van der Waals surface area contributed by atoms with Gasteiger partial charge in [0, 0.05) is 41.1 Å². The van der Waals surface area contributed by atoms with Crippen LogP contribution in [-0.2, 0) is 14.9 Å². The maximum Gasteiger partial charge on any atom is 0.343 e. The fourth-order valence-corrected chi connectivity index (χ4v) is 7.03. The van der Waals surface area contributed by atoms with E-state index in [0.717, 1.165) is 35.1 Å². The molecule has 0 bridgehead atoms. The molecule has 1 aliphatic rings. The molecule has 0 aliphatic heterocycles. The number of nitrogens with zero attached hydrogens (tertiary/aromatic N) is 4. The van der Waals surface area contributed by atoms with Crippen molar-refractivity contribution in [2.75, 3.05) is 13.2 Å². The van der Waals surface area contributed by atoms with Crippen LogP contribution >= 0.6 is 0 Å². The lowest BCUT2D eigenvalue weighted by Gasteiger charge is -2.16. The molecular formula is C45H38N6O6. The van der Waals surface area contributed by atoms with Gasteiger partial charge in [-0.3, -0.25) is 19.8 Å². The van der Waals surface area contributed by atoms with Crippen molar-refractivity contribution >= 4 is 23.2 Å². The zero-order valence-corrected chi connectivity index (χ0v) is 31.3. The summed E-state index contributed by atoms with van der Waals surface area (Å²) in [5.41, 5.74) is 7.97. The zero-order chi connectivity index (χ0) is 39.5. The first kappa shape index (κ1) is 36.6. The molecule has 1 aliphatic carbocycles. The normalized spacial score (nSPS) is 12.8. The second-order valence-electron chi connectivity index (χ2n) is 13.6. The number of hydrogen-bond donors (Lipinski definition) is 2. The summed E-state index contributed by atoms with van der Waals surface area (Å²) >= 11 is 0. The number of carbonyl (C=O) groups excluding carboxylic acids is 2. The first-order chi connectivity index (χ1) is 27.8. The van der Waals surface area contributed by atoms with Gasteiger partial charge in [-0.25, -0.2) is 28.6 Å². The van der Waals surface area contributed by atoms with Gasteiger partial charge < -0.3 is 9.47 Å². The van der Waals surface area contributed by atoms with Crippen LogP contribution in [0.15, 0.2) is 143 Å². The van der Waals surface area contributed by atoms with Crippen LogP contribution in [0, 0.1) is 0 Å². The van der Waals surface area contributed by atoms with Crippen LogP contribution in [0.5, 0.6) is 0 Å². The predicted octanol–water partition coefficient (Wildman–Crippen LogP) is 7.48. The van der Waals surface area contributed by atoms with E-state index in [1.54, 1.807) is 13.8 Å². The lowest BCUT2D eigenvalue weighted by Crippen LogP contribution is -2.15. The molecule has 1 saturated carbocycles. The highest BCUT2D eigenvalue weighted by atomic mass is 16.5. The molecule has 0 saturated heterocycles. The molecule has 9 rings (SSSR count). The molecule has 4 aromatic carbocycles. The molecule has 0 unspecified atom stereocenters.